The minimum Gasteiger partial charge on any atom is -0.447 e. The van der Waals surface area contributed by atoms with Crippen molar-refractivity contribution in [2.45, 2.75) is 32.3 Å². The Bertz CT molecular complexity index is 762. The molecule has 0 unspecified atom stereocenters. The minimum atomic E-state index is -1.19. The van der Waals surface area contributed by atoms with Crippen LogP contribution in [0, 0.1) is 0 Å². The second-order valence-corrected chi connectivity index (χ2v) is 6.15. The number of urea groups is 1. The lowest BCUT2D eigenvalue weighted by Gasteiger charge is -2.19. The summed E-state index contributed by atoms with van der Waals surface area (Å²) >= 11 is 0. The Morgan fingerprint density at radius 3 is 2.04 bits per heavy atom. The molecule has 2 N–H and O–H groups in total. The van der Waals surface area contributed by atoms with Gasteiger partial charge in [0.2, 0.25) is 6.10 Å². The summed E-state index contributed by atoms with van der Waals surface area (Å²) in [5.41, 5.74) is 1.51. The van der Waals surface area contributed by atoms with Crippen LogP contribution in [0.5, 0.6) is 0 Å². The summed E-state index contributed by atoms with van der Waals surface area (Å²) in [6, 6.07) is 17.6. The second-order valence-electron chi connectivity index (χ2n) is 6.15. The number of hydrogen-bond acceptors (Lipinski definition) is 4. The maximum atomic E-state index is 12.5. The van der Waals surface area contributed by atoms with Crippen LogP contribution < -0.4 is 10.6 Å². The van der Waals surface area contributed by atoms with Crippen LogP contribution in [-0.2, 0) is 14.3 Å². The molecule has 142 valence electrons. The molecule has 0 saturated carbocycles. The predicted molar refractivity (Wildman–Crippen MR) is 102 cm³/mol. The van der Waals surface area contributed by atoms with Crippen molar-refractivity contribution in [2.24, 2.45) is 0 Å². The SMILES string of the molecule is CCNC(=O)NC(=O)[C@H](OC(=O)C[C@H](C)c1ccccc1)c1ccccc1. The third-order valence-electron chi connectivity index (χ3n) is 4.01. The summed E-state index contributed by atoms with van der Waals surface area (Å²) in [6.45, 7) is 4.04. The van der Waals surface area contributed by atoms with Crippen LogP contribution in [0.3, 0.4) is 0 Å². The van der Waals surface area contributed by atoms with Crippen molar-refractivity contribution >= 4 is 17.9 Å². The van der Waals surface area contributed by atoms with Crippen LogP contribution in [0.1, 0.15) is 43.4 Å². The standard InChI is InChI=1S/C21H24N2O4/c1-3-22-21(26)23-20(25)19(17-12-8-5-9-13-17)27-18(24)14-15(2)16-10-6-4-7-11-16/h4-13,15,19H,3,14H2,1-2H3,(H2,22,23,25,26)/t15-,19+/m0/s1. The predicted octanol–water partition coefficient (Wildman–Crippen LogP) is 3.31. The van der Waals surface area contributed by atoms with Crippen LogP contribution >= 0.6 is 0 Å². The molecular weight excluding hydrogens is 344 g/mol. The maximum absolute atomic E-state index is 12.5. The van der Waals surface area contributed by atoms with Crippen molar-refractivity contribution in [3.05, 3.63) is 71.8 Å². The van der Waals surface area contributed by atoms with Gasteiger partial charge in [-0.05, 0) is 18.4 Å². The summed E-state index contributed by atoms with van der Waals surface area (Å²) < 4.78 is 5.44. The molecule has 6 nitrogen and oxygen atoms in total. The summed E-state index contributed by atoms with van der Waals surface area (Å²) in [4.78, 5) is 36.5. The van der Waals surface area contributed by atoms with Gasteiger partial charge in [-0.2, -0.15) is 0 Å². The third kappa shape index (κ3) is 6.26. The van der Waals surface area contributed by atoms with Gasteiger partial charge in [-0.3, -0.25) is 14.9 Å². The molecule has 6 heteroatoms. The number of nitrogens with one attached hydrogen (secondary N) is 2. The molecule has 27 heavy (non-hydrogen) atoms. The van der Waals surface area contributed by atoms with E-state index in [2.05, 4.69) is 10.6 Å². The van der Waals surface area contributed by atoms with E-state index in [1.807, 2.05) is 37.3 Å². The molecule has 0 aliphatic rings. The number of carbonyl (C=O) groups is 3. The van der Waals surface area contributed by atoms with Crippen LogP contribution in [-0.4, -0.2) is 24.5 Å². The van der Waals surface area contributed by atoms with Gasteiger partial charge in [-0.1, -0.05) is 67.6 Å². The topological polar surface area (TPSA) is 84.5 Å². The van der Waals surface area contributed by atoms with E-state index in [0.717, 1.165) is 5.56 Å². The molecule has 0 aromatic heterocycles. The molecule has 2 aromatic rings. The van der Waals surface area contributed by atoms with Crippen molar-refractivity contribution in [3.8, 4) is 0 Å². The van der Waals surface area contributed by atoms with Gasteiger partial charge in [0.05, 0.1) is 6.42 Å². The van der Waals surface area contributed by atoms with Crippen molar-refractivity contribution in [1.29, 1.82) is 0 Å². The molecule has 0 heterocycles. The Labute approximate surface area is 158 Å². The smallest absolute Gasteiger partial charge is 0.321 e. The Kier molecular flexibility index (Phi) is 7.55. The first kappa shape index (κ1) is 20.2. The average molecular weight is 368 g/mol. The zero-order valence-electron chi connectivity index (χ0n) is 15.5. The van der Waals surface area contributed by atoms with E-state index in [0.29, 0.717) is 12.1 Å². The van der Waals surface area contributed by atoms with Crippen LogP contribution in [0.2, 0.25) is 0 Å². The fourth-order valence-electron chi connectivity index (χ4n) is 2.61. The van der Waals surface area contributed by atoms with Crippen molar-refractivity contribution in [1.82, 2.24) is 10.6 Å². The second kappa shape index (κ2) is 10.1. The van der Waals surface area contributed by atoms with Gasteiger partial charge >= 0.3 is 12.0 Å². The highest BCUT2D eigenvalue weighted by atomic mass is 16.5. The van der Waals surface area contributed by atoms with Crippen molar-refractivity contribution < 1.29 is 19.1 Å². The lowest BCUT2D eigenvalue weighted by Crippen LogP contribution is -2.42. The monoisotopic (exact) mass is 368 g/mol. The number of amides is 3. The molecule has 0 spiro atoms. The highest BCUT2D eigenvalue weighted by molar-refractivity contribution is 5.97. The Balaban J connectivity index is 2.08. The Hall–Kier alpha value is -3.15. The first-order valence-electron chi connectivity index (χ1n) is 8.89. The van der Waals surface area contributed by atoms with E-state index in [1.165, 1.54) is 0 Å². The molecule has 2 rings (SSSR count). The Morgan fingerprint density at radius 1 is 0.926 bits per heavy atom. The highest BCUT2D eigenvalue weighted by Crippen LogP contribution is 2.23. The normalized spacial score (nSPS) is 12.5. The van der Waals surface area contributed by atoms with E-state index in [1.54, 1.807) is 37.3 Å². The van der Waals surface area contributed by atoms with Gasteiger partial charge in [0.1, 0.15) is 0 Å². The number of rotatable bonds is 7. The average Bonchev–Trinajstić information content (AvgIpc) is 2.67. The number of carbonyl (C=O) groups excluding carboxylic acids is 3. The number of hydrogen-bond donors (Lipinski definition) is 2. The summed E-state index contributed by atoms with van der Waals surface area (Å²) in [5.74, 6) is -1.25. The molecule has 2 aromatic carbocycles. The first-order chi connectivity index (χ1) is 13.0. The maximum Gasteiger partial charge on any atom is 0.321 e. The van der Waals surface area contributed by atoms with E-state index >= 15 is 0 Å². The van der Waals surface area contributed by atoms with E-state index < -0.39 is 24.0 Å². The third-order valence-corrected chi connectivity index (χ3v) is 4.01. The quantitative estimate of drug-likeness (QED) is 0.735. The van der Waals surface area contributed by atoms with Crippen LogP contribution in [0.15, 0.2) is 60.7 Å². The fourth-order valence-corrected chi connectivity index (χ4v) is 2.61. The number of imide groups is 1. The van der Waals surface area contributed by atoms with E-state index in [9.17, 15) is 14.4 Å². The molecule has 0 bridgehead atoms. The first-order valence-corrected chi connectivity index (χ1v) is 8.89. The summed E-state index contributed by atoms with van der Waals surface area (Å²) in [5, 5.41) is 4.68. The van der Waals surface area contributed by atoms with Gasteiger partial charge in [-0.25, -0.2) is 4.79 Å². The zero-order chi connectivity index (χ0) is 19.6. The highest BCUT2D eigenvalue weighted by Gasteiger charge is 2.27. The fraction of sp³-hybridized carbons (Fsp3) is 0.286. The van der Waals surface area contributed by atoms with Crippen molar-refractivity contribution in [2.75, 3.05) is 6.54 Å². The molecule has 0 saturated heterocycles. The largest absolute Gasteiger partial charge is 0.447 e. The zero-order valence-corrected chi connectivity index (χ0v) is 15.5. The molecule has 0 radical (unpaired) electrons. The Morgan fingerprint density at radius 2 is 1.48 bits per heavy atom. The summed E-state index contributed by atoms with van der Waals surface area (Å²) in [7, 11) is 0. The lowest BCUT2D eigenvalue weighted by molar-refractivity contribution is -0.156. The van der Waals surface area contributed by atoms with Gasteiger partial charge in [-0.15, -0.1) is 0 Å². The van der Waals surface area contributed by atoms with Crippen LogP contribution in [0.25, 0.3) is 0 Å². The van der Waals surface area contributed by atoms with E-state index in [-0.39, 0.29) is 12.3 Å². The number of esters is 1. The molecule has 0 aliphatic heterocycles. The molecular formula is C21H24N2O4. The molecule has 2 atom stereocenters. The molecule has 0 aliphatic carbocycles. The summed E-state index contributed by atoms with van der Waals surface area (Å²) in [6.07, 6.45) is -1.06. The van der Waals surface area contributed by atoms with Crippen molar-refractivity contribution in [3.63, 3.8) is 0 Å². The van der Waals surface area contributed by atoms with Gasteiger partial charge in [0.15, 0.2) is 0 Å². The number of ether oxygens (including phenoxy) is 1. The van der Waals surface area contributed by atoms with Gasteiger partial charge in [0, 0.05) is 12.1 Å². The van der Waals surface area contributed by atoms with Gasteiger partial charge in [0.25, 0.3) is 5.91 Å². The van der Waals surface area contributed by atoms with E-state index in [4.69, 9.17) is 4.74 Å². The number of benzene rings is 2. The molecule has 0 fully saturated rings. The lowest BCUT2D eigenvalue weighted by atomic mass is 9.98. The molecule has 3 amide bonds. The van der Waals surface area contributed by atoms with Crippen LogP contribution in [0.4, 0.5) is 4.79 Å². The minimum absolute atomic E-state index is 0.0541. The van der Waals surface area contributed by atoms with Gasteiger partial charge < -0.3 is 10.1 Å².